The lowest BCUT2D eigenvalue weighted by molar-refractivity contribution is 0.207. The molecule has 0 aliphatic carbocycles. The SMILES string of the molecule is CCN(CC#N)CCN1CCNC1=O. The molecule has 1 N–H and O–H groups in total. The number of nitrogens with one attached hydrogen (secondary N) is 1. The lowest BCUT2D eigenvalue weighted by atomic mass is 10.4. The first kappa shape index (κ1) is 10.8. The van der Waals surface area contributed by atoms with Crippen LogP contribution in [0.1, 0.15) is 6.92 Å². The summed E-state index contributed by atoms with van der Waals surface area (Å²) in [7, 11) is 0. The van der Waals surface area contributed by atoms with Crippen LogP contribution in [0.15, 0.2) is 0 Å². The molecule has 1 rings (SSSR count). The Bertz CT molecular complexity index is 235. The van der Waals surface area contributed by atoms with Crippen LogP contribution in [0.4, 0.5) is 4.79 Å². The fourth-order valence-corrected chi connectivity index (χ4v) is 1.44. The van der Waals surface area contributed by atoms with Crippen molar-refractivity contribution >= 4 is 6.03 Å². The molecule has 1 aliphatic heterocycles. The minimum Gasteiger partial charge on any atom is -0.336 e. The average molecular weight is 196 g/mol. The van der Waals surface area contributed by atoms with Gasteiger partial charge in [-0.1, -0.05) is 6.92 Å². The molecule has 0 spiro atoms. The molecular weight excluding hydrogens is 180 g/mol. The highest BCUT2D eigenvalue weighted by Gasteiger charge is 2.19. The van der Waals surface area contributed by atoms with Gasteiger partial charge in [-0.25, -0.2) is 4.79 Å². The zero-order valence-electron chi connectivity index (χ0n) is 8.49. The van der Waals surface area contributed by atoms with Gasteiger partial charge in [-0.3, -0.25) is 4.90 Å². The van der Waals surface area contributed by atoms with Crippen molar-refractivity contribution in [3.05, 3.63) is 0 Å². The Labute approximate surface area is 84.3 Å². The third-order valence-electron chi connectivity index (χ3n) is 2.37. The van der Waals surface area contributed by atoms with Crippen LogP contribution in [0.2, 0.25) is 0 Å². The van der Waals surface area contributed by atoms with Crippen molar-refractivity contribution in [3.8, 4) is 6.07 Å². The van der Waals surface area contributed by atoms with E-state index in [4.69, 9.17) is 5.26 Å². The fraction of sp³-hybridized carbons (Fsp3) is 0.778. The van der Waals surface area contributed by atoms with Crippen LogP contribution in [0.5, 0.6) is 0 Å². The summed E-state index contributed by atoms with van der Waals surface area (Å²) >= 11 is 0. The Balaban J connectivity index is 2.24. The van der Waals surface area contributed by atoms with E-state index in [1.54, 1.807) is 4.90 Å². The molecule has 0 aromatic carbocycles. The number of amides is 2. The van der Waals surface area contributed by atoms with Gasteiger partial charge >= 0.3 is 6.03 Å². The number of likely N-dealkylation sites (N-methyl/N-ethyl adjacent to an activating group) is 1. The quantitative estimate of drug-likeness (QED) is 0.622. The number of rotatable bonds is 5. The molecule has 0 unspecified atom stereocenters. The van der Waals surface area contributed by atoms with Crippen molar-refractivity contribution < 1.29 is 4.79 Å². The van der Waals surface area contributed by atoms with Gasteiger partial charge in [0, 0.05) is 26.2 Å². The summed E-state index contributed by atoms with van der Waals surface area (Å²) in [5.74, 6) is 0. The standard InChI is InChI=1S/C9H16N4O/c1-2-12(5-3-10)7-8-13-6-4-11-9(13)14/h2,4-8H2,1H3,(H,11,14). The predicted octanol–water partition coefficient (Wildman–Crippen LogP) is -0.143. The molecule has 1 saturated heterocycles. The molecule has 0 bridgehead atoms. The van der Waals surface area contributed by atoms with E-state index >= 15 is 0 Å². The summed E-state index contributed by atoms with van der Waals surface area (Å²) in [5, 5.41) is 11.3. The largest absolute Gasteiger partial charge is 0.336 e. The van der Waals surface area contributed by atoms with Gasteiger partial charge in [0.25, 0.3) is 0 Å². The summed E-state index contributed by atoms with van der Waals surface area (Å²) in [6, 6.07) is 2.12. The first-order chi connectivity index (χ1) is 6.77. The fourth-order valence-electron chi connectivity index (χ4n) is 1.44. The van der Waals surface area contributed by atoms with Crippen LogP contribution in [0, 0.1) is 11.3 Å². The lowest BCUT2D eigenvalue weighted by Gasteiger charge is -2.20. The maximum Gasteiger partial charge on any atom is 0.317 e. The van der Waals surface area contributed by atoms with Gasteiger partial charge in [-0.2, -0.15) is 5.26 Å². The minimum atomic E-state index is 0.0120. The van der Waals surface area contributed by atoms with Crippen LogP contribution in [0.3, 0.4) is 0 Å². The molecule has 78 valence electrons. The molecular formula is C9H16N4O. The van der Waals surface area contributed by atoms with Gasteiger partial charge in [0.15, 0.2) is 0 Å². The molecule has 0 atom stereocenters. The Kier molecular flexibility index (Phi) is 4.20. The second kappa shape index (κ2) is 5.45. The van der Waals surface area contributed by atoms with E-state index in [-0.39, 0.29) is 6.03 Å². The lowest BCUT2D eigenvalue weighted by Crippen LogP contribution is -2.37. The summed E-state index contributed by atoms with van der Waals surface area (Å²) in [6.45, 7) is 6.31. The van der Waals surface area contributed by atoms with E-state index in [2.05, 4.69) is 11.4 Å². The van der Waals surface area contributed by atoms with Gasteiger partial charge in [0.05, 0.1) is 12.6 Å². The molecule has 5 heteroatoms. The summed E-state index contributed by atoms with van der Waals surface area (Å²) < 4.78 is 0. The maximum absolute atomic E-state index is 11.2. The van der Waals surface area contributed by atoms with E-state index in [0.29, 0.717) is 13.1 Å². The molecule has 5 nitrogen and oxygen atoms in total. The van der Waals surface area contributed by atoms with E-state index in [1.807, 2.05) is 11.8 Å². The minimum absolute atomic E-state index is 0.0120. The van der Waals surface area contributed by atoms with E-state index in [1.165, 1.54) is 0 Å². The highest BCUT2D eigenvalue weighted by Crippen LogP contribution is 1.97. The van der Waals surface area contributed by atoms with Gasteiger partial charge < -0.3 is 10.2 Å². The van der Waals surface area contributed by atoms with Crippen molar-refractivity contribution in [2.75, 3.05) is 39.3 Å². The molecule has 0 aromatic rings. The second-order valence-corrected chi connectivity index (χ2v) is 3.25. The van der Waals surface area contributed by atoms with Crippen molar-refractivity contribution in [2.24, 2.45) is 0 Å². The number of urea groups is 1. The summed E-state index contributed by atoms with van der Waals surface area (Å²) in [4.78, 5) is 15.0. The predicted molar refractivity (Wildman–Crippen MR) is 52.7 cm³/mol. The zero-order chi connectivity index (χ0) is 10.4. The highest BCUT2D eigenvalue weighted by atomic mass is 16.2. The number of hydrogen-bond donors (Lipinski definition) is 1. The first-order valence-electron chi connectivity index (χ1n) is 4.90. The Morgan fingerprint density at radius 2 is 2.50 bits per heavy atom. The number of carbonyl (C=O) groups is 1. The van der Waals surface area contributed by atoms with Gasteiger partial charge in [0.2, 0.25) is 0 Å². The molecule has 1 heterocycles. The van der Waals surface area contributed by atoms with Crippen LogP contribution < -0.4 is 5.32 Å². The van der Waals surface area contributed by atoms with Gasteiger partial charge in [0.1, 0.15) is 0 Å². The van der Waals surface area contributed by atoms with Crippen LogP contribution in [0.25, 0.3) is 0 Å². The molecule has 14 heavy (non-hydrogen) atoms. The molecule has 0 radical (unpaired) electrons. The zero-order valence-corrected chi connectivity index (χ0v) is 8.49. The number of hydrogen-bond acceptors (Lipinski definition) is 3. The second-order valence-electron chi connectivity index (χ2n) is 3.25. The molecule has 0 aromatic heterocycles. The number of nitriles is 1. The van der Waals surface area contributed by atoms with Crippen LogP contribution in [-0.4, -0.2) is 55.1 Å². The maximum atomic E-state index is 11.2. The normalized spacial score (nSPS) is 15.8. The Hall–Kier alpha value is -1.28. The Morgan fingerprint density at radius 1 is 1.71 bits per heavy atom. The van der Waals surface area contributed by atoms with Crippen LogP contribution in [-0.2, 0) is 0 Å². The Morgan fingerprint density at radius 3 is 3.00 bits per heavy atom. The monoisotopic (exact) mass is 196 g/mol. The molecule has 1 aliphatic rings. The molecule has 0 saturated carbocycles. The van der Waals surface area contributed by atoms with E-state index < -0.39 is 0 Å². The number of carbonyl (C=O) groups excluding carboxylic acids is 1. The average Bonchev–Trinajstić information content (AvgIpc) is 2.59. The van der Waals surface area contributed by atoms with Crippen molar-refractivity contribution in [1.29, 1.82) is 5.26 Å². The van der Waals surface area contributed by atoms with Crippen molar-refractivity contribution in [1.82, 2.24) is 15.1 Å². The van der Waals surface area contributed by atoms with Crippen molar-refractivity contribution in [2.45, 2.75) is 6.92 Å². The molecule has 2 amide bonds. The van der Waals surface area contributed by atoms with Gasteiger partial charge in [-0.05, 0) is 6.54 Å². The smallest absolute Gasteiger partial charge is 0.317 e. The third-order valence-corrected chi connectivity index (χ3v) is 2.37. The summed E-state index contributed by atoms with van der Waals surface area (Å²) in [6.07, 6.45) is 0. The first-order valence-corrected chi connectivity index (χ1v) is 4.90. The van der Waals surface area contributed by atoms with Gasteiger partial charge in [-0.15, -0.1) is 0 Å². The van der Waals surface area contributed by atoms with Crippen molar-refractivity contribution in [3.63, 3.8) is 0 Å². The summed E-state index contributed by atoms with van der Waals surface area (Å²) in [5.41, 5.74) is 0. The number of nitrogens with zero attached hydrogens (tertiary/aromatic N) is 3. The highest BCUT2D eigenvalue weighted by molar-refractivity contribution is 5.76. The van der Waals surface area contributed by atoms with E-state index in [9.17, 15) is 4.79 Å². The van der Waals surface area contributed by atoms with Crippen LogP contribution >= 0.6 is 0 Å². The third kappa shape index (κ3) is 2.89. The molecule has 1 fully saturated rings. The van der Waals surface area contributed by atoms with E-state index in [0.717, 1.165) is 26.2 Å². The topological polar surface area (TPSA) is 59.4 Å².